The Morgan fingerprint density at radius 3 is 1.81 bits per heavy atom. The largest absolute Gasteiger partial charge is 0.397 e. The third kappa shape index (κ3) is 22.3. The van der Waals surface area contributed by atoms with Crippen LogP contribution in [-0.4, -0.2) is 302 Å². The molecule has 3 aliphatic heterocycles. The van der Waals surface area contributed by atoms with Crippen LogP contribution in [0.5, 0.6) is 0 Å². The highest BCUT2D eigenvalue weighted by molar-refractivity contribution is 6.01. The summed E-state index contributed by atoms with van der Waals surface area (Å²) in [7, 11) is 12.0. The average molecular weight is 1620 g/mol. The van der Waals surface area contributed by atoms with Gasteiger partial charge < -0.3 is 69.5 Å². The van der Waals surface area contributed by atoms with Crippen molar-refractivity contribution in [2.75, 3.05) is 96.3 Å². The fourth-order valence-electron chi connectivity index (χ4n) is 18.8. The van der Waals surface area contributed by atoms with Crippen LogP contribution in [0.4, 0.5) is 35.1 Å². The smallest absolute Gasteiger partial charge is 0.382 e. The predicted molar refractivity (Wildman–Crippen MR) is 399 cm³/mol. The van der Waals surface area contributed by atoms with Gasteiger partial charge in [-0.15, -0.1) is 0 Å². The van der Waals surface area contributed by atoms with Gasteiger partial charge in [-0.3, -0.25) is 57.5 Å². The lowest BCUT2D eigenvalue weighted by Crippen LogP contribution is -2.71. The number of carbonyl (C=O) groups is 12. The highest BCUT2D eigenvalue weighted by Crippen LogP contribution is 2.50. The van der Waals surface area contributed by atoms with Crippen molar-refractivity contribution >= 4 is 70.9 Å². The maximum Gasteiger partial charge on any atom is 0.397 e. The minimum atomic E-state index is -5.22. The summed E-state index contributed by atoms with van der Waals surface area (Å²) in [6.07, 6.45) is -10.5. The summed E-state index contributed by atoms with van der Waals surface area (Å²) in [6.45, 7) is 4.73. The third-order valence-corrected chi connectivity index (χ3v) is 25.4. The zero-order chi connectivity index (χ0) is 83.7. The van der Waals surface area contributed by atoms with Crippen molar-refractivity contribution in [3.8, 4) is 0 Å². The molecule has 7 fully saturated rings. The number of ether oxygens (including phenoxy) is 2. The lowest BCUT2D eigenvalue weighted by molar-refractivity contribution is -0.219. The van der Waals surface area contributed by atoms with E-state index in [4.69, 9.17) is 9.47 Å². The van der Waals surface area contributed by atoms with Gasteiger partial charge >= 0.3 is 12.4 Å². The number of hydrogen-bond acceptors (Lipinski definition) is 14. The molecule has 5 saturated carbocycles. The van der Waals surface area contributed by atoms with Gasteiger partial charge in [0.2, 0.25) is 70.9 Å². The van der Waals surface area contributed by atoms with E-state index in [-0.39, 0.29) is 89.8 Å². The van der Waals surface area contributed by atoms with E-state index in [1.165, 1.54) is 83.1 Å². The Bertz CT molecular complexity index is 3400. The molecular formula is C79H122F8N12O14. The van der Waals surface area contributed by atoms with E-state index in [0.29, 0.717) is 44.9 Å². The Hall–Kier alpha value is -7.26. The summed E-state index contributed by atoms with van der Waals surface area (Å²) in [5.41, 5.74) is -2.39. The van der Waals surface area contributed by atoms with E-state index >= 15 is 37.5 Å². The van der Waals surface area contributed by atoms with Crippen LogP contribution < -0.4 is 16.0 Å². The van der Waals surface area contributed by atoms with E-state index in [0.717, 1.165) is 43.8 Å². The van der Waals surface area contributed by atoms with E-state index in [1.807, 2.05) is 13.8 Å². The molecule has 12 amide bonds. The van der Waals surface area contributed by atoms with Gasteiger partial charge in [-0.25, -0.2) is 8.78 Å². The predicted octanol–water partition coefficient (Wildman–Crippen LogP) is 6.90. The molecule has 34 heteroatoms. The SMILES string of the molecule is CC[C@H](C)[C@@H]1NC(=O)[C@H](COC)N(C)C(=O)C[C@@H](C(=O)N(C)C)N(C)C(=O)[C@H](C2CCCCC2)N(C)C(=O)C2(CC(C)(C)C2)NC(=O)[C@@H]2C[C@@H](OC3CCCC3)CN2C(=O)[C@H](CCC2CC(F)C(C(F)(F)F)C(F)C2)NC(=O)CN(C)C(=O)[C@H](CC2CCC(C(F)(F)F)CC2)N2CC/C=C\C[C@@H](C2=O)N(C)C(=O)CN(C)C1=O. The summed E-state index contributed by atoms with van der Waals surface area (Å²) in [5, 5.41) is 8.48. The molecule has 0 radical (unpaired) electrons. The highest BCUT2D eigenvalue weighted by atomic mass is 19.4. The number of nitrogens with zero attached hydrogens (tertiary/aromatic N) is 9. The maximum atomic E-state index is 16.0. The first-order chi connectivity index (χ1) is 52.9. The fraction of sp³-hybridized carbons (Fsp3) is 0.823. The first kappa shape index (κ1) is 91.3. The molecule has 0 aromatic heterocycles. The van der Waals surface area contributed by atoms with E-state index < -0.39 is 242 Å². The van der Waals surface area contributed by atoms with Crippen molar-refractivity contribution in [2.45, 2.75) is 279 Å². The van der Waals surface area contributed by atoms with Crippen molar-refractivity contribution in [1.29, 1.82) is 0 Å². The lowest BCUT2D eigenvalue weighted by atomic mass is 9.58. The number of alkyl halides is 8. The van der Waals surface area contributed by atoms with Crippen molar-refractivity contribution in [2.24, 2.45) is 40.9 Å². The second-order valence-electron chi connectivity index (χ2n) is 34.6. The quantitative estimate of drug-likeness (QED) is 0.125. The van der Waals surface area contributed by atoms with Crippen LogP contribution >= 0.6 is 0 Å². The first-order valence-electron chi connectivity index (χ1n) is 40.4. The molecule has 8 aliphatic rings. The number of amides is 12. The molecule has 2 unspecified atom stereocenters. The van der Waals surface area contributed by atoms with E-state index in [2.05, 4.69) is 16.0 Å². The van der Waals surface area contributed by atoms with Crippen LogP contribution in [0, 0.1) is 40.9 Å². The van der Waals surface area contributed by atoms with Gasteiger partial charge in [0.1, 0.15) is 72.1 Å². The van der Waals surface area contributed by atoms with Crippen LogP contribution in [0.1, 0.15) is 188 Å². The fourth-order valence-corrected chi connectivity index (χ4v) is 18.8. The zero-order valence-electron chi connectivity index (χ0n) is 68.0. The summed E-state index contributed by atoms with van der Waals surface area (Å²) in [6, 6.07) is -11.8. The molecule has 12 atom stereocenters. The van der Waals surface area contributed by atoms with Crippen molar-refractivity contribution in [1.82, 2.24) is 60.0 Å². The number of nitrogens with one attached hydrogen (secondary N) is 3. The Labute approximate surface area is 658 Å². The third-order valence-electron chi connectivity index (χ3n) is 25.4. The molecule has 3 N–H and O–H groups in total. The Morgan fingerprint density at radius 2 is 1.24 bits per heavy atom. The van der Waals surface area contributed by atoms with Gasteiger partial charge in [0.25, 0.3) is 0 Å². The van der Waals surface area contributed by atoms with Crippen LogP contribution in [0.2, 0.25) is 0 Å². The molecule has 3 heterocycles. The second-order valence-corrected chi connectivity index (χ2v) is 34.6. The average Bonchev–Trinajstić information content (AvgIpc) is 0.969. The Kier molecular flexibility index (Phi) is 31.2. The number of hydrogen-bond donors (Lipinski definition) is 3. The summed E-state index contributed by atoms with van der Waals surface area (Å²) >= 11 is 0. The van der Waals surface area contributed by atoms with E-state index in [1.54, 1.807) is 26.0 Å². The number of fused-ring (bicyclic) bond motifs is 3. The first-order valence-corrected chi connectivity index (χ1v) is 40.4. The van der Waals surface area contributed by atoms with Crippen molar-refractivity contribution in [3.63, 3.8) is 0 Å². The molecule has 2 saturated heterocycles. The van der Waals surface area contributed by atoms with Crippen molar-refractivity contribution < 1.29 is 102 Å². The number of rotatable bonds is 13. The summed E-state index contributed by atoms with van der Waals surface area (Å²) in [5.74, 6) is -17.2. The minimum Gasteiger partial charge on any atom is -0.382 e. The second kappa shape index (κ2) is 38.7. The number of carbonyl (C=O) groups excluding carboxylic acids is 12. The molecule has 1 spiro atoms. The molecule has 0 aromatic carbocycles. The molecule has 638 valence electrons. The number of halogens is 8. The number of methoxy groups -OCH3 is 1. The van der Waals surface area contributed by atoms with Gasteiger partial charge in [0, 0.05) is 83.0 Å². The summed E-state index contributed by atoms with van der Waals surface area (Å²) < 4.78 is 128. The monoisotopic (exact) mass is 1610 g/mol. The molecule has 5 aliphatic carbocycles. The van der Waals surface area contributed by atoms with Crippen LogP contribution in [-0.2, 0) is 67.0 Å². The number of likely N-dealkylation sites (N-methyl/N-ethyl adjacent to an activating group) is 7. The van der Waals surface area contributed by atoms with Gasteiger partial charge in [-0.1, -0.05) is 78.4 Å². The molecule has 26 nitrogen and oxygen atoms in total. The highest BCUT2D eigenvalue weighted by Gasteiger charge is 2.60. The molecule has 0 aromatic rings. The van der Waals surface area contributed by atoms with Gasteiger partial charge in [-0.2, -0.15) is 26.3 Å². The van der Waals surface area contributed by atoms with Gasteiger partial charge in [0.05, 0.1) is 44.2 Å². The molecule has 113 heavy (non-hydrogen) atoms. The van der Waals surface area contributed by atoms with Crippen LogP contribution in [0.3, 0.4) is 0 Å². The molecule has 8 rings (SSSR count). The van der Waals surface area contributed by atoms with Crippen molar-refractivity contribution in [3.05, 3.63) is 12.2 Å². The van der Waals surface area contributed by atoms with Gasteiger partial charge in [-0.05, 0) is 138 Å². The standard InChI is InChI=1S/C79H122F8N12O14/c1-14-46(2)65-73(109)93(8)42-63(102)94(9)56-27-19-16-22-34-98(72(56)108)59(37-47-28-31-50(32-29-47)78(82,83)84)71(107)92(7)41-61(100)88-55(33-30-48-35-53(80)64(54(81)36-48)79(85,86)87)69(105)99-40-52(113-51-25-20-21-26-51)38-57(99)68(104)90-77(44-76(3,4)45-77)75(111)97(12)66(49-23-17-15-18-24-49)74(110)96(11)58(70(106)91(5)6)39-62(101)95(10)60(43-112-13)67(103)89-65/h16,19,46-60,64-66H,14-15,17-18,20-45H2,1-13H3,(H,88,100)(H,89,103)(H,90,104)/b19-16-/t46-,47?,48?,50?,52+,53?,54?,55-,56-,57-,58-,59-,60-,64?,65-,66-/m0/s1. The minimum absolute atomic E-state index is 0.00764. The normalized spacial score (nSPS) is 32.5. The Morgan fingerprint density at radius 1 is 0.628 bits per heavy atom. The van der Waals surface area contributed by atoms with Gasteiger partial charge in [0.15, 0.2) is 0 Å². The zero-order valence-corrected chi connectivity index (χ0v) is 68.0. The molecular weight excluding hydrogens is 1490 g/mol. The Balaban J connectivity index is 1.23. The van der Waals surface area contributed by atoms with Crippen LogP contribution in [0.25, 0.3) is 0 Å². The topological polar surface area (TPSA) is 289 Å². The maximum absolute atomic E-state index is 16.0. The molecule has 2 bridgehead atoms. The summed E-state index contributed by atoms with van der Waals surface area (Å²) in [4.78, 5) is 193. The van der Waals surface area contributed by atoms with E-state index in [9.17, 15) is 55.1 Å². The lowest BCUT2D eigenvalue weighted by Gasteiger charge is -2.54. The van der Waals surface area contributed by atoms with Crippen LogP contribution in [0.15, 0.2) is 12.2 Å².